The molecular formula is C12H17FN2. The second kappa shape index (κ2) is 4.62. The third kappa shape index (κ3) is 3.20. The van der Waals surface area contributed by atoms with E-state index in [9.17, 15) is 4.39 Å². The van der Waals surface area contributed by atoms with Crippen LogP contribution >= 0.6 is 0 Å². The first-order chi connectivity index (χ1) is 7.25. The molecule has 1 aromatic rings. The number of anilines is 1. The summed E-state index contributed by atoms with van der Waals surface area (Å²) >= 11 is 0. The van der Waals surface area contributed by atoms with E-state index in [1.165, 1.54) is 18.9 Å². The van der Waals surface area contributed by atoms with Crippen LogP contribution in [0.1, 0.15) is 18.4 Å². The molecule has 0 radical (unpaired) electrons. The maximum absolute atomic E-state index is 13.0. The molecule has 2 rings (SSSR count). The lowest BCUT2D eigenvalue weighted by atomic mass is 10.2. The first-order valence-electron chi connectivity index (χ1n) is 5.49. The van der Waals surface area contributed by atoms with Gasteiger partial charge in [-0.25, -0.2) is 4.39 Å². The zero-order chi connectivity index (χ0) is 10.7. The van der Waals surface area contributed by atoms with Gasteiger partial charge < -0.3 is 10.6 Å². The molecule has 82 valence electrons. The van der Waals surface area contributed by atoms with Gasteiger partial charge in [0, 0.05) is 24.8 Å². The maximum Gasteiger partial charge on any atom is 0.126 e. The molecule has 1 aromatic carbocycles. The van der Waals surface area contributed by atoms with Crippen LogP contribution in [-0.4, -0.2) is 19.1 Å². The Labute approximate surface area is 89.9 Å². The minimum absolute atomic E-state index is 0.142. The number of aryl methyl sites for hydroxylation is 1. The molecule has 1 aliphatic rings. The van der Waals surface area contributed by atoms with E-state index >= 15 is 0 Å². The number of hydrogen-bond donors (Lipinski definition) is 2. The lowest BCUT2D eigenvalue weighted by Crippen LogP contribution is -2.23. The first-order valence-corrected chi connectivity index (χ1v) is 5.49. The van der Waals surface area contributed by atoms with Gasteiger partial charge in [-0.1, -0.05) is 0 Å². The number of halogens is 1. The standard InChI is InChI=1S/C12H17FN2/c1-9-8-11(4-5-12(9)13)15-7-6-14-10-2-3-10/h4-5,8,10,14-15H,2-3,6-7H2,1H3. The molecule has 0 heterocycles. The van der Waals surface area contributed by atoms with Crippen LogP contribution in [0.4, 0.5) is 10.1 Å². The number of benzene rings is 1. The highest BCUT2D eigenvalue weighted by Gasteiger charge is 2.19. The van der Waals surface area contributed by atoms with Crippen molar-refractivity contribution in [2.75, 3.05) is 18.4 Å². The van der Waals surface area contributed by atoms with Crippen molar-refractivity contribution in [3.63, 3.8) is 0 Å². The van der Waals surface area contributed by atoms with Crippen molar-refractivity contribution in [3.05, 3.63) is 29.6 Å². The van der Waals surface area contributed by atoms with E-state index in [0.29, 0.717) is 5.56 Å². The minimum Gasteiger partial charge on any atom is -0.384 e. The van der Waals surface area contributed by atoms with Crippen molar-refractivity contribution in [1.82, 2.24) is 5.32 Å². The summed E-state index contributed by atoms with van der Waals surface area (Å²) in [6, 6.07) is 5.87. The summed E-state index contributed by atoms with van der Waals surface area (Å²) in [5.74, 6) is -0.142. The van der Waals surface area contributed by atoms with Crippen molar-refractivity contribution in [2.24, 2.45) is 0 Å². The Hall–Kier alpha value is -1.09. The average Bonchev–Trinajstić information content (AvgIpc) is 3.02. The van der Waals surface area contributed by atoms with E-state index in [2.05, 4.69) is 10.6 Å². The topological polar surface area (TPSA) is 24.1 Å². The van der Waals surface area contributed by atoms with Crippen molar-refractivity contribution in [1.29, 1.82) is 0 Å². The van der Waals surface area contributed by atoms with E-state index in [0.717, 1.165) is 24.8 Å². The van der Waals surface area contributed by atoms with Gasteiger partial charge in [0.2, 0.25) is 0 Å². The second-order valence-corrected chi connectivity index (χ2v) is 4.12. The van der Waals surface area contributed by atoms with Crippen LogP contribution in [-0.2, 0) is 0 Å². The Morgan fingerprint density at radius 2 is 2.13 bits per heavy atom. The summed E-state index contributed by atoms with van der Waals surface area (Å²) in [6.07, 6.45) is 2.63. The van der Waals surface area contributed by atoms with Gasteiger partial charge in [0.1, 0.15) is 5.82 Å². The highest BCUT2D eigenvalue weighted by molar-refractivity contribution is 5.45. The molecular weight excluding hydrogens is 191 g/mol. The predicted molar refractivity (Wildman–Crippen MR) is 60.7 cm³/mol. The Morgan fingerprint density at radius 1 is 1.33 bits per heavy atom. The largest absolute Gasteiger partial charge is 0.384 e. The summed E-state index contributed by atoms with van der Waals surface area (Å²) in [7, 11) is 0. The lowest BCUT2D eigenvalue weighted by molar-refractivity contribution is 0.618. The summed E-state index contributed by atoms with van der Waals surface area (Å²) in [5, 5.41) is 6.68. The minimum atomic E-state index is -0.142. The molecule has 0 spiro atoms. The summed E-state index contributed by atoms with van der Waals surface area (Å²) in [4.78, 5) is 0. The fourth-order valence-electron chi connectivity index (χ4n) is 1.53. The van der Waals surface area contributed by atoms with Gasteiger partial charge in [-0.05, 0) is 43.5 Å². The van der Waals surface area contributed by atoms with Crippen LogP contribution in [0.2, 0.25) is 0 Å². The Balaban J connectivity index is 1.74. The van der Waals surface area contributed by atoms with Gasteiger partial charge >= 0.3 is 0 Å². The van der Waals surface area contributed by atoms with Crippen molar-refractivity contribution >= 4 is 5.69 Å². The lowest BCUT2D eigenvalue weighted by Gasteiger charge is -2.08. The fourth-order valence-corrected chi connectivity index (χ4v) is 1.53. The van der Waals surface area contributed by atoms with E-state index in [4.69, 9.17) is 0 Å². The molecule has 0 amide bonds. The molecule has 2 nitrogen and oxygen atoms in total. The molecule has 0 aliphatic heterocycles. The molecule has 1 aliphatic carbocycles. The van der Waals surface area contributed by atoms with Crippen LogP contribution in [0.3, 0.4) is 0 Å². The van der Waals surface area contributed by atoms with Crippen LogP contribution in [0, 0.1) is 12.7 Å². The number of rotatable bonds is 5. The molecule has 0 unspecified atom stereocenters. The van der Waals surface area contributed by atoms with Crippen LogP contribution < -0.4 is 10.6 Å². The summed E-state index contributed by atoms with van der Waals surface area (Å²) in [6.45, 7) is 3.64. The van der Waals surface area contributed by atoms with E-state index < -0.39 is 0 Å². The van der Waals surface area contributed by atoms with Gasteiger partial charge in [0.25, 0.3) is 0 Å². The molecule has 1 fully saturated rings. The van der Waals surface area contributed by atoms with Gasteiger partial charge in [-0.2, -0.15) is 0 Å². The zero-order valence-corrected chi connectivity index (χ0v) is 9.02. The van der Waals surface area contributed by atoms with Crippen LogP contribution in [0.5, 0.6) is 0 Å². The van der Waals surface area contributed by atoms with Gasteiger partial charge in [-0.3, -0.25) is 0 Å². The normalized spacial score (nSPS) is 15.3. The summed E-state index contributed by atoms with van der Waals surface area (Å²) in [5.41, 5.74) is 1.68. The molecule has 1 saturated carbocycles. The molecule has 15 heavy (non-hydrogen) atoms. The van der Waals surface area contributed by atoms with Crippen molar-refractivity contribution in [3.8, 4) is 0 Å². The van der Waals surface area contributed by atoms with Gasteiger partial charge in [-0.15, -0.1) is 0 Å². The smallest absolute Gasteiger partial charge is 0.126 e. The molecule has 0 atom stereocenters. The second-order valence-electron chi connectivity index (χ2n) is 4.12. The fraction of sp³-hybridized carbons (Fsp3) is 0.500. The average molecular weight is 208 g/mol. The van der Waals surface area contributed by atoms with E-state index in [-0.39, 0.29) is 5.82 Å². The maximum atomic E-state index is 13.0. The molecule has 2 N–H and O–H groups in total. The first kappa shape index (κ1) is 10.4. The number of hydrogen-bond acceptors (Lipinski definition) is 2. The molecule has 0 aromatic heterocycles. The van der Waals surface area contributed by atoms with Crippen LogP contribution in [0.25, 0.3) is 0 Å². The van der Waals surface area contributed by atoms with Gasteiger partial charge in [0.05, 0.1) is 0 Å². The molecule has 0 bridgehead atoms. The van der Waals surface area contributed by atoms with Crippen LogP contribution in [0.15, 0.2) is 18.2 Å². The summed E-state index contributed by atoms with van der Waals surface area (Å²) < 4.78 is 13.0. The van der Waals surface area contributed by atoms with Crippen molar-refractivity contribution in [2.45, 2.75) is 25.8 Å². The monoisotopic (exact) mass is 208 g/mol. The Bertz CT molecular complexity index is 334. The third-order valence-electron chi connectivity index (χ3n) is 2.62. The van der Waals surface area contributed by atoms with E-state index in [1.54, 1.807) is 13.0 Å². The Kier molecular flexibility index (Phi) is 3.21. The van der Waals surface area contributed by atoms with Gasteiger partial charge in [0.15, 0.2) is 0 Å². The predicted octanol–water partition coefficient (Wildman–Crippen LogP) is 2.30. The molecule has 0 saturated heterocycles. The quantitative estimate of drug-likeness (QED) is 0.725. The highest BCUT2D eigenvalue weighted by Crippen LogP contribution is 2.18. The van der Waals surface area contributed by atoms with Crippen molar-refractivity contribution < 1.29 is 4.39 Å². The van der Waals surface area contributed by atoms with E-state index in [1.807, 2.05) is 6.07 Å². The SMILES string of the molecule is Cc1cc(NCCNC2CC2)ccc1F. The Morgan fingerprint density at radius 3 is 2.80 bits per heavy atom. The zero-order valence-electron chi connectivity index (χ0n) is 9.02. The highest BCUT2D eigenvalue weighted by atomic mass is 19.1. The molecule has 3 heteroatoms. The third-order valence-corrected chi connectivity index (χ3v) is 2.62. The number of nitrogens with one attached hydrogen (secondary N) is 2.